The first-order valence-electron chi connectivity index (χ1n) is 8.78. The van der Waals surface area contributed by atoms with Gasteiger partial charge in [0.15, 0.2) is 0 Å². The van der Waals surface area contributed by atoms with Gasteiger partial charge in [0.05, 0.1) is 5.92 Å². The maximum Gasteiger partial charge on any atom is 0.327 e. The molecule has 4 amide bonds. The van der Waals surface area contributed by atoms with E-state index in [0.717, 1.165) is 24.9 Å². The van der Waals surface area contributed by atoms with E-state index in [0.29, 0.717) is 0 Å². The van der Waals surface area contributed by atoms with Crippen LogP contribution in [0, 0.1) is 5.92 Å². The summed E-state index contributed by atoms with van der Waals surface area (Å²) in [6, 6.07) is 7.69. The second kappa shape index (κ2) is 7.55. The molecule has 8 nitrogen and oxygen atoms in total. The van der Waals surface area contributed by atoms with Crippen molar-refractivity contribution >= 4 is 29.3 Å². The maximum absolute atomic E-state index is 12.2. The number of carbonyl (C=O) groups is 4. The van der Waals surface area contributed by atoms with Gasteiger partial charge in [-0.1, -0.05) is 19.1 Å². The van der Waals surface area contributed by atoms with Gasteiger partial charge in [0.25, 0.3) is 0 Å². The Morgan fingerprint density at radius 1 is 1.08 bits per heavy atom. The molecule has 1 saturated heterocycles. The van der Waals surface area contributed by atoms with Gasteiger partial charge in [-0.3, -0.25) is 30.0 Å². The lowest BCUT2D eigenvalue weighted by atomic mass is 10.1. The summed E-state index contributed by atoms with van der Waals surface area (Å²) in [4.78, 5) is 49.1. The van der Waals surface area contributed by atoms with Gasteiger partial charge < -0.3 is 10.2 Å². The van der Waals surface area contributed by atoms with Crippen molar-refractivity contribution < 1.29 is 19.2 Å². The highest BCUT2D eigenvalue weighted by molar-refractivity contribution is 6.35. The van der Waals surface area contributed by atoms with Crippen LogP contribution in [0.4, 0.5) is 5.69 Å². The molecule has 26 heavy (non-hydrogen) atoms. The summed E-state index contributed by atoms with van der Waals surface area (Å²) in [6.45, 7) is 2.29. The Hall–Kier alpha value is -2.90. The Labute approximate surface area is 151 Å². The smallest absolute Gasteiger partial charge is 0.327 e. The molecule has 138 valence electrons. The molecule has 3 rings (SSSR count). The van der Waals surface area contributed by atoms with Crippen LogP contribution in [-0.4, -0.2) is 36.2 Å². The van der Waals surface area contributed by atoms with Crippen LogP contribution in [0.3, 0.4) is 0 Å². The number of benzene rings is 1. The molecule has 0 bridgehead atoms. The van der Waals surface area contributed by atoms with E-state index >= 15 is 0 Å². The zero-order valence-electron chi connectivity index (χ0n) is 14.6. The molecule has 2 aliphatic rings. The number of amides is 4. The van der Waals surface area contributed by atoms with Crippen LogP contribution in [0.15, 0.2) is 24.3 Å². The van der Waals surface area contributed by atoms with Crippen molar-refractivity contribution in [3.05, 3.63) is 29.8 Å². The molecular weight excluding hydrogens is 336 g/mol. The van der Waals surface area contributed by atoms with Crippen LogP contribution in [0.1, 0.15) is 31.7 Å². The summed E-state index contributed by atoms with van der Waals surface area (Å²) in [6.07, 6.45) is 2.70. The summed E-state index contributed by atoms with van der Waals surface area (Å²) in [5.41, 5.74) is 6.24. The molecule has 1 saturated carbocycles. The molecule has 1 atom stereocenters. The van der Waals surface area contributed by atoms with E-state index in [-0.39, 0.29) is 24.9 Å². The number of rotatable bonds is 4. The Morgan fingerprint density at radius 2 is 1.77 bits per heavy atom. The summed E-state index contributed by atoms with van der Waals surface area (Å²) in [5, 5.41) is 2.53. The molecule has 1 aromatic carbocycles. The molecular formula is C18H22N4O4. The second-order valence-corrected chi connectivity index (χ2v) is 6.62. The first-order chi connectivity index (χ1) is 12.5. The highest BCUT2D eigenvalue weighted by Gasteiger charge is 2.35. The summed E-state index contributed by atoms with van der Waals surface area (Å²) in [7, 11) is 0. The van der Waals surface area contributed by atoms with Crippen LogP contribution in [0.5, 0.6) is 0 Å². The van der Waals surface area contributed by atoms with Crippen molar-refractivity contribution in [1.82, 2.24) is 16.2 Å². The minimum Gasteiger partial charge on any atom is -0.345 e. The largest absolute Gasteiger partial charge is 0.345 e. The minimum absolute atomic E-state index is 0.0593. The van der Waals surface area contributed by atoms with E-state index < -0.39 is 23.6 Å². The molecule has 0 unspecified atom stereocenters. The molecule has 0 spiro atoms. The Balaban J connectivity index is 1.51. The van der Waals surface area contributed by atoms with E-state index in [1.54, 1.807) is 4.90 Å². The number of nitrogens with one attached hydrogen (secondary N) is 3. The fourth-order valence-electron chi connectivity index (χ4n) is 2.80. The van der Waals surface area contributed by atoms with E-state index in [1.165, 1.54) is 5.56 Å². The molecule has 0 radical (unpaired) electrons. The number of nitrogens with zero attached hydrogens (tertiary/aromatic N) is 1. The van der Waals surface area contributed by atoms with Crippen LogP contribution in [-0.2, 0) is 25.6 Å². The molecule has 1 heterocycles. The Morgan fingerprint density at radius 3 is 2.38 bits per heavy atom. The number of aryl methyl sites for hydroxylation is 1. The average Bonchev–Trinajstić information content (AvgIpc) is 3.38. The first-order valence-corrected chi connectivity index (χ1v) is 8.78. The number of hydrogen-bond acceptors (Lipinski definition) is 4. The number of anilines is 1. The molecule has 1 aliphatic carbocycles. The lowest BCUT2D eigenvalue weighted by Gasteiger charge is -2.17. The normalized spacial score (nSPS) is 19.2. The number of hydrazine groups is 1. The van der Waals surface area contributed by atoms with E-state index in [1.807, 2.05) is 24.3 Å². The van der Waals surface area contributed by atoms with Crippen LogP contribution in [0.2, 0.25) is 0 Å². The fraction of sp³-hybridized carbons (Fsp3) is 0.444. The average molecular weight is 358 g/mol. The van der Waals surface area contributed by atoms with Crippen LogP contribution >= 0.6 is 0 Å². The zero-order chi connectivity index (χ0) is 18.7. The number of hydrogen-bond donors (Lipinski definition) is 3. The quantitative estimate of drug-likeness (QED) is 0.521. The lowest BCUT2D eigenvalue weighted by Crippen LogP contribution is -2.50. The highest BCUT2D eigenvalue weighted by atomic mass is 16.2. The van der Waals surface area contributed by atoms with Gasteiger partial charge in [-0.05, 0) is 37.0 Å². The van der Waals surface area contributed by atoms with Crippen LogP contribution in [0.25, 0.3) is 0 Å². The van der Waals surface area contributed by atoms with Crippen molar-refractivity contribution in [2.75, 3.05) is 11.4 Å². The van der Waals surface area contributed by atoms with Gasteiger partial charge in [-0.25, -0.2) is 0 Å². The number of carbonyl (C=O) groups excluding carboxylic acids is 4. The summed E-state index contributed by atoms with van der Waals surface area (Å²) < 4.78 is 0. The van der Waals surface area contributed by atoms with Gasteiger partial charge in [0.2, 0.25) is 11.8 Å². The van der Waals surface area contributed by atoms with Crippen molar-refractivity contribution in [2.45, 2.75) is 38.6 Å². The molecule has 8 heteroatoms. The third-order valence-electron chi connectivity index (χ3n) is 4.57. The molecule has 1 aromatic rings. The molecule has 2 fully saturated rings. The van der Waals surface area contributed by atoms with Crippen molar-refractivity contribution in [1.29, 1.82) is 0 Å². The van der Waals surface area contributed by atoms with E-state index in [9.17, 15) is 19.2 Å². The SMILES string of the molecule is CCc1ccc(N2C[C@H](C(=O)NNC(=O)C(=O)NC3CC3)CC2=O)cc1. The predicted molar refractivity (Wildman–Crippen MR) is 93.7 cm³/mol. The van der Waals surface area contributed by atoms with Crippen molar-refractivity contribution in [3.8, 4) is 0 Å². The molecule has 3 N–H and O–H groups in total. The third-order valence-corrected chi connectivity index (χ3v) is 4.57. The topological polar surface area (TPSA) is 108 Å². The fourth-order valence-corrected chi connectivity index (χ4v) is 2.80. The second-order valence-electron chi connectivity index (χ2n) is 6.62. The Kier molecular flexibility index (Phi) is 5.20. The lowest BCUT2D eigenvalue weighted by molar-refractivity contribution is -0.141. The van der Waals surface area contributed by atoms with Gasteiger partial charge in [0, 0.05) is 24.7 Å². The van der Waals surface area contributed by atoms with E-state index in [4.69, 9.17) is 0 Å². The van der Waals surface area contributed by atoms with Gasteiger partial charge in [0.1, 0.15) is 0 Å². The highest BCUT2D eigenvalue weighted by Crippen LogP contribution is 2.25. The summed E-state index contributed by atoms with van der Waals surface area (Å²) in [5.74, 6) is -2.90. The monoisotopic (exact) mass is 358 g/mol. The first kappa shape index (κ1) is 17.9. The minimum atomic E-state index is -0.915. The van der Waals surface area contributed by atoms with Gasteiger partial charge in [-0.2, -0.15) is 0 Å². The maximum atomic E-state index is 12.2. The third kappa shape index (κ3) is 4.19. The van der Waals surface area contributed by atoms with Gasteiger partial charge in [-0.15, -0.1) is 0 Å². The van der Waals surface area contributed by atoms with E-state index in [2.05, 4.69) is 23.1 Å². The van der Waals surface area contributed by atoms with Crippen molar-refractivity contribution in [3.63, 3.8) is 0 Å². The summed E-state index contributed by atoms with van der Waals surface area (Å²) >= 11 is 0. The van der Waals surface area contributed by atoms with Gasteiger partial charge >= 0.3 is 11.8 Å². The molecule has 0 aromatic heterocycles. The Bertz CT molecular complexity index is 727. The standard InChI is InChI=1S/C18H22N4O4/c1-2-11-3-7-14(8-4-11)22-10-12(9-15(22)23)16(24)20-21-18(26)17(25)19-13-5-6-13/h3-4,7-8,12-13H,2,5-6,9-10H2,1H3,(H,19,25)(H,20,24)(H,21,26)/t12-/m1/s1. The van der Waals surface area contributed by atoms with Crippen molar-refractivity contribution in [2.24, 2.45) is 5.92 Å². The van der Waals surface area contributed by atoms with Crippen LogP contribution < -0.4 is 21.1 Å². The zero-order valence-corrected chi connectivity index (χ0v) is 14.6. The predicted octanol–water partition coefficient (Wildman–Crippen LogP) is 0.0279. The molecule has 1 aliphatic heterocycles.